The molecule has 1 aromatic heterocycles. The second-order valence-electron chi connectivity index (χ2n) is 7.49. The molecule has 5 nitrogen and oxygen atoms in total. The Bertz CT molecular complexity index is 1340. The van der Waals surface area contributed by atoms with Gasteiger partial charge in [-0.2, -0.15) is 0 Å². The van der Waals surface area contributed by atoms with E-state index in [1.54, 1.807) is 23.6 Å². The smallest absolute Gasteiger partial charge is 0.244 e. The molecule has 33 heavy (non-hydrogen) atoms. The van der Waals surface area contributed by atoms with Crippen molar-refractivity contribution < 1.29 is 14.0 Å². The van der Waals surface area contributed by atoms with Crippen molar-refractivity contribution in [3.63, 3.8) is 0 Å². The summed E-state index contributed by atoms with van der Waals surface area (Å²) in [5.74, 6) is -1.13. The van der Waals surface area contributed by atoms with Crippen LogP contribution in [0.1, 0.15) is 31.1 Å². The van der Waals surface area contributed by atoms with E-state index < -0.39 is 5.82 Å². The van der Waals surface area contributed by atoms with Gasteiger partial charge in [0.25, 0.3) is 0 Å². The van der Waals surface area contributed by atoms with Crippen molar-refractivity contribution in [2.24, 2.45) is 0 Å². The van der Waals surface area contributed by atoms with Gasteiger partial charge in [0, 0.05) is 18.4 Å². The topological polar surface area (TPSA) is 62.3 Å². The minimum atomic E-state index is -0.512. The molecule has 0 fully saturated rings. The van der Waals surface area contributed by atoms with E-state index in [4.69, 9.17) is 0 Å². The van der Waals surface area contributed by atoms with E-state index in [1.165, 1.54) is 41.4 Å². The summed E-state index contributed by atoms with van der Waals surface area (Å²) in [6.07, 6.45) is 2.98. The number of rotatable bonds is 6. The molecule has 0 aliphatic rings. The zero-order valence-electron chi connectivity index (χ0n) is 18.2. The van der Waals surface area contributed by atoms with Gasteiger partial charge < -0.3 is 5.32 Å². The number of para-hydroxylation sites is 1. The van der Waals surface area contributed by atoms with Gasteiger partial charge in [0.15, 0.2) is 5.13 Å². The number of anilines is 2. The second-order valence-corrected chi connectivity index (χ2v) is 8.33. The lowest BCUT2D eigenvalue weighted by molar-refractivity contribution is -0.117. The minimum Gasteiger partial charge on any atom is -0.346 e. The number of carbonyl (C=O) groups is 2. The number of benzene rings is 3. The summed E-state index contributed by atoms with van der Waals surface area (Å²) in [6, 6.07) is 19.9. The molecule has 0 aliphatic heterocycles. The lowest BCUT2D eigenvalue weighted by atomic mass is 10.00. The summed E-state index contributed by atoms with van der Waals surface area (Å²) in [5, 5.41) is 7.23. The van der Waals surface area contributed by atoms with Crippen LogP contribution in [0.2, 0.25) is 0 Å². The second kappa shape index (κ2) is 9.75. The number of aromatic nitrogens is 1. The molecule has 0 saturated carbocycles. The van der Waals surface area contributed by atoms with Crippen molar-refractivity contribution in [1.82, 2.24) is 10.3 Å². The molecule has 1 heterocycles. The third-order valence-electron chi connectivity index (χ3n) is 5.16. The maximum Gasteiger partial charge on any atom is 0.244 e. The minimum absolute atomic E-state index is 0.136. The van der Waals surface area contributed by atoms with Crippen molar-refractivity contribution >= 4 is 50.8 Å². The monoisotopic (exact) mass is 459 g/mol. The molecule has 1 N–H and O–H groups in total. The molecule has 0 bridgehead atoms. The van der Waals surface area contributed by atoms with Gasteiger partial charge in [-0.25, -0.2) is 9.37 Å². The predicted octanol–water partition coefficient (Wildman–Crippen LogP) is 6.01. The zero-order valence-corrected chi connectivity index (χ0v) is 19.0. The Kier molecular flexibility index (Phi) is 6.60. The van der Waals surface area contributed by atoms with Crippen LogP contribution in [-0.4, -0.2) is 16.8 Å². The van der Waals surface area contributed by atoms with Crippen molar-refractivity contribution in [2.45, 2.75) is 19.9 Å². The third kappa shape index (κ3) is 4.99. The number of amides is 2. The first-order valence-corrected chi connectivity index (χ1v) is 11.3. The highest BCUT2D eigenvalue weighted by Crippen LogP contribution is 2.31. The molecule has 4 aromatic rings. The van der Waals surface area contributed by atoms with Gasteiger partial charge in [0.2, 0.25) is 11.8 Å². The fourth-order valence-corrected chi connectivity index (χ4v) is 4.47. The molecule has 3 aromatic carbocycles. The zero-order chi connectivity index (χ0) is 23.4. The van der Waals surface area contributed by atoms with Crippen LogP contribution in [0.4, 0.5) is 15.2 Å². The van der Waals surface area contributed by atoms with Gasteiger partial charge in [-0.3, -0.25) is 14.5 Å². The number of nitrogens with one attached hydrogen (secondary N) is 1. The first-order chi connectivity index (χ1) is 15.9. The molecule has 1 unspecified atom stereocenters. The molecule has 0 spiro atoms. The molecule has 7 heteroatoms. The number of fused-ring (bicyclic) bond motifs is 1. The van der Waals surface area contributed by atoms with E-state index in [0.29, 0.717) is 10.8 Å². The van der Waals surface area contributed by atoms with Crippen LogP contribution < -0.4 is 10.2 Å². The lowest BCUT2D eigenvalue weighted by Crippen LogP contribution is -2.24. The highest BCUT2D eigenvalue weighted by atomic mass is 32.1. The average molecular weight is 460 g/mol. The van der Waals surface area contributed by atoms with Crippen LogP contribution in [0.5, 0.6) is 0 Å². The first kappa shape index (κ1) is 22.4. The lowest BCUT2D eigenvalue weighted by Gasteiger charge is -2.18. The SMILES string of the molecule is CC(=O)N(c1nc(/C=C/C(=O)NC(C)c2cccc3ccccc23)cs1)c1ccccc1F. The van der Waals surface area contributed by atoms with Gasteiger partial charge in [0.1, 0.15) is 5.82 Å². The van der Waals surface area contributed by atoms with Crippen LogP contribution in [0.15, 0.2) is 78.2 Å². The Labute approximate surface area is 195 Å². The summed E-state index contributed by atoms with van der Waals surface area (Å²) >= 11 is 1.20. The van der Waals surface area contributed by atoms with Gasteiger partial charge in [0.05, 0.1) is 17.4 Å². The van der Waals surface area contributed by atoms with Gasteiger partial charge in [-0.05, 0) is 41.5 Å². The van der Waals surface area contributed by atoms with Crippen LogP contribution >= 0.6 is 11.3 Å². The summed E-state index contributed by atoms with van der Waals surface area (Å²) in [4.78, 5) is 30.3. The molecule has 0 saturated heterocycles. The molecular weight excluding hydrogens is 437 g/mol. The Morgan fingerprint density at radius 2 is 1.79 bits per heavy atom. The number of hydrogen-bond acceptors (Lipinski definition) is 4. The molecule has 2 amide bonds. The van der Waals surface area contributed by atoms with Crippen LogP contribution in [-0.2, 0) is 9.59 Å². The number of nitrogens with zero attached hydrogens (tertiary/aromatic N) is 2. The molecule has 0 aliphatic carbocycles. The van der Waals surface area contributed by atoms with Crippen LogP contribution in [0, 0.1) is 5.82 Å². The number of thiazole rings is 1. The molecule has 4 rings (SSSR count). The van der Waals surface area contributed by atoms with Crippen molar-refractivity contribution in [3.8, 4) is 0 Å². The van der Waals surface area contributed by atoms with Crippen molar-refractivity contribution in [2.75, 3.05) is 4.90 Å². The molecule has 1 atom stereocenters. The van der Waals surface area contributed by atoms with Crippen molar-refractivity contribution in [3.05, 3.63) is 95.3 Å². The van der Waals surface area contributed by atoms with Crippen LogP contribution in [0.25, 0.3) is 16.8 Å². The Morgan fingerprint density at radius 3 is 2.58 bits per heavy atom. The fraction of sp³-hybridized carbons (Fsp3) is 0.115. The first-order valence-electron chi connectivity index (χ1n) is 10.4. The summed E-state index contributed by atoms with van der Waals surface area (Å²) < 4.78 is 14.2. The van der Waals surface area contributed by atoms with E-state index in [0.717, 1.165) is 16.3 Å². The fourth-order valence-electron chi connectivity index (χ4n) is 3.62. The quantitative estimate of drug-likeness (QED) is 0.359. The molecule has 166 valence electrons. The van der Waals surface area contributed by atoms with Crippen LogP contribution in [0.3, 0.4) is 0 Å². The standard InChI is InChI=1S/C26H22FN3O2S/c1-17(21-11-7-9-19-8-3-4-10-22(19)21)28-25(32)15-14-20-16-33-26(29-20)30(18(2)31)24-13-6-5-12-23(24)27/h3-17H,1-2H3,(H,28,32)/b15-14+. The average Bonchev–Trinajstić information content (AvgIpc) is 3.27. The van der Waals surface area contributed by atoms with E-state index in [-0.39, 0.29) is 23.5 Å². The molecular formula is C26H22FN3O2S. The number of carbonyl (C=O) groups excluding carboxylic acids is 2. The number of halogens is 1. The van der Waals surface area contributed by atoms with Crippen molar-refractivity contribution in [1.29, 1.82) is 0 Å². The highest BCUT2D eigenvalue weighted by molar-refractivity contribution is 7.14. The Morgan fingerprint density at radius 1 is 1.06 bits per heavy atom. The maximum absolute atomic E-state index is 14.2. The highest BCUT2D eigenvalue weighted by Gasteiger charge is 2.20. The maximum atomic E-state index is 14.2. The largest absolute Gasteiger partial charge is 0.346 e. The Balaban J connectivity index is 1.48. The summed E-state index contributed by atoms with van der Waals surface area (Å²) in [7, 11) is 0. The van der Waals surface area contributed by atoms with Gasteiger partial charge in [-0.15, -0.1) is 11.3 Å². The predicted molar refractivity (Wildman–Crippen MR) is 131 cm³/mol. The van der Waals surface area contributed by atoms with Gasteiger partial charge in [-0.1, -0.05) is 54.6 Å². The molecule has 0 radical (unpaired) electrons. The Hall–Kier alpha value is -3.84. The third-order valence-corrected chi connectivity index (χ3v) is 6.01. The van der Waals surface area contributed by atoms with E-state index in [1.807, 2.05) is 49.4 Å². The number of hydrogen-bond donors (Lipinski definition) is 1. The normalized spacial score (nSPS) is 12.1. The van der Waals surface area contributed by atoms with E-state index in [9.17, 15) is 14.0 Å². The summed E-state index contributed by atoms with van der Waals surface area (Å²) in [6.45, 7) is 3.29. The van der Waals surface area contributed by atoms with E-state index >= 15 is 0 Å². The summed E-state index contributed by atoms with van der Waals surface area (Å²) in [5.41, 5.74) is 1.68. The van der Waals surface area contributed by atoms with Gasteiger partial charge >= 0.3 is 0 Å². The van der Waals surface area contributed by atoms with E-state index in [2.05, 4.69) is 10.3 Å².